The van der Waals surface area contributed by atoms with Gasteiger partial charge in [-0.2, -0.15) is 0 Å². The van der Waals surface area contributed by atoms with Gasteiger partial charge >= 0.3 is 0 Å². The van der Waals surface area contributed by atoms with E-state index in [9.17, 15) is 0 Å². The lowest BCUT2D eigenvalue weighted by Crippen LogP contribution is -2.02. The molecule has 0 bridgehead atoms. The molecule has 3 heterocycles. The van der Waals surface area contributed by atoms with Crippen LogP contribution in [0.1, 0.15) is 23.0 Å². The summed E-state index contributed by atoms with van der Waals surface area (Å²) in [6, 6.07) is 46.3. The lowest BCUT2D eigenvalue weighted by Gasteiger charge is -2.15. The van der Waals surface area contributed by atoms with Crippen molar-refractivity contribution in [1.29, 1.82) is 0 Å². The van der Waals surface area contributed by atoms with Gasteiger partial charge in [-0.25, -0.2) is 19.9 Å². The van der Waals surface area contributed by atoms with Crippen LogP contribution in [0.5, 0.6) is 0 Å². The van der Waals surface area contributed by atoms with Crippen molar-refractivity contribution in [3.63, 3.8) is 0 Å². The van der Waals surface area contributed by atoms with Crippen LogP contribution < -0.4 is 0 Å². The number of rotatable bonds is 6. The SMILES string of the molecule is C1=CC(c2nc3ccccc3s2)CC=C1c1cc(-c2ccc(-c3nc4ccccc4s3)cc2)nc(-c2ccc(-c3ccccc3)cc2)n1. The second kappa shape index (κ2) is 12.2. The smallest absolute Gasteiger partial charge is 0.160 e. The van der Waals surface area contributed by atoms with E-state index in [1.165, 1.54) is 20.5 Å². The van der Waals surface area contributed by atoms with Crippen LogP contribution in [0.15, 0.2) is 152 Å². The van der Waals surface area contributed by atoms with E-state index in [0.29, 0.717) is 5.82 Å². The van der Waals surface area contributed by atoms with Gasteiger partial charge in [-0.3, -0.25) is 0 Å². The molecule has 0 amide bonds. The molecule has 3 aromatic heterocycles. The van der Waals surface area contributed by atoms with Crippen molar-refractivity contribution < 1.29 is 0 Å². The predicted octanol–water partition coefficient (Wildman–Crippen LogP) is 11.5. The van der Waals surface area contributed by atoms with Crippen LogP contribution in [0.3, 0.4) is 0 Å². The quantitative estimate of drug-likeness (QED) is 0.179. The van der Waals surface area contributed by atoms with Gasteiger partial charge < -0.3 is 0 Å². The fraction of sp³-hybridized carbons (Fsp3) is 0.0476. The Morgan fingerprint density at radius 3 is 1.81 bits per heavy atom. The van der Waals surface area contributed by atoms with Crippen molar-refractivity contribution in [2.45, 2.75) is 12.3 Å². The third-order valence-electron chi connectivity index (χ3n) is 8.72. The zero-order chi connectivity index (χ0) is 31.9. The molecule has 4 nitrogen and oxygen atoms in total. The van der Waals surface area contributed by atoms with Gasteiger partial charge in [0.05, 0.1) is 31.8 Å². The molecule has 0 fully saturated rings. The Morgan fingerprint density at radius 1 is 0.500 bits per heavy atom. The number of hydrogen-bond acceptors (Lipinski definition) is 6. The highest BCUT2D eigenvalue weighted by molar-refractivity contribution is 7.21. The molecule has 228 valence electrons. The minimum atomic E-state index is 0.257. The highest BCUT2D eigenvalue weighted by atomic mass is 32.1. The largest absolute Gasteiger partial charge is 0.241 e. The lowest BCUT2D eigenvalue weighted by atomic mass is 9.95. The van der Waals surface area contributed by atoms with E-state index in [2.05, 4.69) is 140 Å². The van der Waals surface area contributed by atoms with E-state index in [-0.39, 0.29) is 5.92 Å². The minimum absolute atomic E-state index is 0.257. The monoisotopic (exact) mass is 652 g/mol. The molecule has 1 atom stereocenters. The first-order valence-electron chi connectivity index (χ1n) is 16.0. The number of aromatic nitrogens is 4. The summed E-state index contributed by atoms with van der Waals surface area (Å²) in [7, 11) is 0. The van der Waals surface area contributed by atoms with Crippen molar-refractivity contribution in [3.05, 3.63) is 162 Å². The molecule has 0 saturated carbocycles. The van der Waals surface area contributed by atoms with Gasteiger partial charge in [0.15, 0.2) is 5.82 Å². The molecule has 1 unspecified atom stereocenters. The number of thiazole rings is 2. The number of benzene rings is 5. The summed E-state index contributed by atoms with van der Waals surface area (Å²) in [5, 5.41) is 2.17. The van der Waals surface area contributed by atoms with Crippen LogP contribution in [0.2, 0.25) is 0 Å². The summed E-state index contributed by atoms with van der Waals surface area (Å²) in [6.45, 7) is 0. The fourth-order valence-electron chi connectivity index (χ4n) is 6.14. The third kappa shape index (κ3) is 5.55. The van der Waals surface area contributed by atoms with Crippen LogP contribution in [0.25, 0.3) is 70.3 Å². The molecule has 0 N–H and O–H groups in total. The first-order chi connectivity index (χ1) is 23.7. The molecule has 0 saturated heterocycles. The predicted molar refractivity (Wildman–Crippen MR) is 201 cm³/mol. The molecular weight excluding hydrogens is 625 g/mol. The lowest BCUT2D eigenvalue weighted by molar-refractivity contribution is 0.847. The normalized spacial score (nSPS) is 14.4. The number of nitrogens with zero attached hydrogens (tertiary/aromatic N) is 4. The number of allylic oxidation sites excluding steroid dienone is 4. The summed E-state index contributed by atoms with van der Waals surface area (Å²) in [4.78, 5) is 20.0. The van der Waals surface area contributed by atoms with Crippen molar-refractivity contribution in [2.24, 2.45) is 0 Å². The zero-order valence-electron chi connectivity index (χ0n) is 25.8. The Bertz CT molecular complexity index is 2410. The van der Waals surface area contributed by atoms with Crippen LogP contribution >= 0.6 is 22.7 Å². The van der Waals surface area contributed by atoms with Crippen LogP contribution in [-0.2, 0) is 0 Å². The zero-order valence-corrected chi connectivity index (χ0v) is 27.5. The van der Waals surface area contributed by atoms with Crippen molar-refractivity contribution in [1.82, 2.24) is 19.9 Å². The van der Waals surface area contributed by atoms with E-state index < -0.39 is 0 Å². The van der Waals surface area contributed by atoms with E-state index in [1.54, 1.807) is 22.7 Å². The van der Waals surface area contributed by atoms with Crippen molar-refractivity contribution >= 4 is 48.7 Å². The Morgan fingerprint density at radius 2 is 1.10 bits per heavy atom. The number of hydrogen-bond donors (Lipinski definition) is 0. The Kier molecular flexibility index (Phi) is 7.30. The van der Waals surface area contributed by atoms with E-state index in [1.807, 2.05) is 12.1 Å². The van der Waals surface area contributed by atoms with Gasteiger partial charge in [0, 0.05) is 22.6 Å². The molecule has 0 spiro atoms. The summed E-state index contributed by atoms with van der Waals surface area (Å²) in [6.07, 6.45) is 7.64. The Labute approximate surface area is 286 Å². The summed E-state index contributed by atoms with van der Waals surface area (Å²) < 4.78 is 2.42. The molecule has 0 aliphatic heterocycles. The summed E-state index contributed by atoms with van der Waals surface area (Å²) in [5.41, 5.74) is 10.5. The second-order valence-corrected chi connectivity index (χ2v) is 13.9. The van der Waals surface area contributed by atoms with Crippen LogP contribution in [0, 0.1) is 0 Å². The molecule has 8 aromatic rings. The maximum absolute atomic E-state index is 5.13. The topological polar surface area (TPSA) is 51.6 Å². The second-order valence-electron chi connectivity index (χ2n) is 11.9. The standard InChI is InChI=1S/C42H28N4S2/c1-2-8-27(9-3-1)28-14-20-31(21-15-28)40-43-36(29-16-22-32(23-17-29)41-45-34-10-4-6-12-38(34)47-41)26-37(44-40)30-18-24-33(25-19-30)42-46-35-11-5-7-13-39(35)48-42/h1-24,26,33H,25H2. The van der Waals surface area contributed by atoms with Crippen LogP contribution in [-0.4, -0.2) is 19.9 Å². The minimum Gasteiger partial charge on any atom is -0.241 e. The summed E-state index contributed by atoms with van der Waals surface area (Å²) in [5.74, 6) is 0.965. The van der Waals surface area contributed by atoms with E-state index >= 15 is 0 Å². The Hall–Kier alpha value is -5.56. The van der Waals surface area contributed by atoms with Crippen molar-refractivity contribution in [2.75, 3.05) is 0 Å². The molecule has 5 aromatic carbocycles. The first-order valence-corrected chi connectivity index (χ1v) is 17.6. The van der Waals surface area contributed by atoms with E-state index in [0.717, 1.165) is 61.1 Å². The fourth-order valence-corrected chi connectivity index (χ4v) is 8.17. The molecule has 48 heavy (non-hydrogen) atoms. The first kappa shape index (κ1) is 28.6. The maximum Gasteiger partial charge on any atom is 0.160 e. The van der Waals surface area contributed by atoms with Crippen molar-refractivity contribution in [3.8, 4) is 44.3 Å². The van der Waals surface area contributed by atoms with Gasteiger partial charge in [0.25, 0.3) is 0 Å². The number of para-hydroxylation sites is 2. The molecule has 1 aliphatic rings. The highest BCUT2D eigenvalue weighted by Gasteiger charge is 2.19. The molecular formula is C42H28N4S2. The number of fused-ring (bicyclic) bond motifs is 2. The molecule has 6 heteroatoms. The maximum atomic E-state index is 5.13. The Balaban J connectivity index is 1.07. The molecule has 9 rings (SSSR count). The van der Waals surface area contributed by atoms with Gasteiger partial charge in [-0.1, -0.05) is 121 Å². The molecule has 1 aliphatic carbocycles. The average Bonchev–Trinajstić information content (AvgIpc) is 3.80. The summed E-state index contributed by atoms with van der Waals surface area (Å²) >= 11 is 3.50. The average molecular weight is 653 g/mol. The third-order valence-corrected chi connectivity index (χ3v) is 11.0. The molecule has 0 radical (unpaired) electrons. The van der Waals surface area contributed by atoms with Gasteiger partial charge in [0.2, 0.25) is 0 Å². The van der Waals surface area contributed by atoms with Crippen LogP contribution in [0.4, 0.5) is 0 Å². The van der Waals surface area contributed by atoms with Gasteiger partial charge in [-0.15, -0.1) is 22.7 Å². The van der Waals surface area contributed by atoms with Gasteiger partial charge in [0.1, 0.15) is 10.0 Å². The van der Waals surface area contributed by atoms with E-state index in [4.69, 9.17) is 19.9 Å². The highest BCUT2D eigenvalue weighted by Crippen LogP contribution is 2.36. The van der Waals surface area contributed by atoms with Gasteiger partial charge in [-0.05, 0) is 53.5 Å².